The molecule has 3 fully saturated rings. The molecular weight excluding hydrogens is 428 g/mol. The minimum atomic E-state index is -1.36. The van der Waals surface area contributed by atoms with E-state index in [9.17, 15) is 14.4 Å². The summed E-state index contributed by atoms with van der Waals surface area (Å²) >= 11 is 0. The number of carbonyl (C=O) groups excluding carboxylic acids is 3. The maximum Gasteiger partial charge on any atom is 0.312 e. The van der Waals surface area contributed by atoms with Gasteiger partial charge in [-0.2, -0.15) is 0 Å². The molecule has 4 aliphatic rings. The van der Waals surface area contributed by atoms with Gasteiger partial charge >= 0.3 is 5.97 Å². The van der Waals surface area contributed by atoms with E-state index in [0.717, 1.165) is 18.4 Å². The molecule has 9 heteroatoms. The fourth-order valence-electron chi connectivity index (χ4n) is 6.08. The lowest BCUT2D eigenvalue weighted by molar-refractivity contribution is -0.171. The number of hydrogen-bond donors (Lipinski definition) is 0. The van der Waals surface area contributed by atoms with E-state index in [1.807, 2.05) is 6.07 Å². The monoisotopic (exact) mass is 458 g/mol. The summed E-state index contributed by atoms with van der Waals surface area (Å²) in [4.78, 5) is 44.0. The SMILES string of the molecule is CCOC(=O)C1C2COc3cc(OC)ccc3C2N2C(=O)CN(CC3CCCO3)C(=O)[C@@]12C. The Kier molecular flexibility index (Phi) is 5.47. The van der Waals surface area contributed by atoms with Crippen molar-refractivity contribution in [2.24, 2.45) is 11.8 Å². The number of nitrogens with zero attached hydrogens (tertiary/aromatic N) is 2. The van der Waals surface area contributed by atoms with Crippen molar-refractivity contribution in [3.8, 4) is 11.5 Å². The first-order valence-corrected chi connectivity index (χ1v) is 11.6. The van der Waals surface area contributed by atoms with E-state index in [0.29, 0.717) is 24.7 Å². The van der Waals surface area contributed by atoms with Crippen molar-refractivity contribution < 1.29 is 33.3 Å². The van der Waals surface area contributed by atoms with Crippen molar-refractivity contribution in [1.29, 1.82) is 0 Å². The highest BCUT2D eigenvalue weighted by Crippen LogP contribution is 2.57. The molecule has 0 aromatic heterocycles. The fourth-order valence-corrected chi connectivity index (χ4v) is 6.08. The van der Waals surface area contributed by atoms with Crippen molar-refractivity contribution in [3.63, 3.8) is 0 Å². The Morgan fingerprint density at radius 3 is 2.82 bits per heavy atom. The molecule has 9 nitrogen and oxygen atoms in total. The zero-order valence-electron chi connectivity index (χ0n) is 19.2. The third kappa shape index (κ3) is 3.27. The van der Waals surface area contributed by atoms with Gasteiger partial charge in [0.05, 0.1) is 44.9 Å². The van der Waals surface area contributed by atoms with Crippen LogP contribution in [0.2, 0.25) is 0 Å². The first-order valence-electron chi connectivity index (χ1n) is 11.6. The maximum atomic E-state index is 13.9. The molecule has 1 aromatic carbocycles. The van der Waals surface area contributed by atoms with Gasteiger partial charge in [-0.25, -0.2) is 0 Å². The predicted octanol–water partition coefficient (Wildman–Crippen LogP) is 1.55. The highest BCUT2D eigenvalue weighted by molar-refractivity contribution is 6.02. The zero-order valence-corrected chi connectivity index (χ0v) is 19.2. The summed E-state index contributed by atoms with van der Waals surface area (Å²) in [6, 6.07) is 4.98. The summed E-state index contributed by atoms with van der Waals surface area (Å²) in [5, 5.41) is 0. The van der Waals surface area contributed by atoms with Crippen LogP contribution in [0.5, 0.6) is 11.5 Å². The number of amides is 2. The summed E-state index contributed by atoms with van der Waals surface area (Å²) in [7, 11) is 1.58. The van der Waals surface area contributed by atoms with Gasteiger partial charge in [-0.1, -0.05) is 0 Å². The van der Waals surface area contributed by atoms with Crippen LogP contribution < -0.4 is 9.47 Å². The number of piperazine rings is 1. The first-order chi connectivity index (χ1) is 15.9. The largest absolute Gasteiger partial charge is 0.497 e. The molecule has 4 aliphatic heterocycles. The Balaban J connectivity index is 1.57. The van der Waals surface area contributed by atoms with Crippen LogP contribution in [0.1, 0.15) is 38.3 Å². The molecule has 0 bridgehead atoms. The summed E-state index contributed by atoms with van der Waals surface area (Å²) < 4.78 is 22.5. The molecule has 0 spiro atoms. The van der Waals surface area contributed by atoms with E-state index in [2.05, 4.69) is 0 Å². The number of carbonyl (C=O) groups is 3. The van der Waals surface area contributed by atoms with Gasteiger partial charge in [0, 0.05) is 30.7 Å². The Morgan fingerprint density at radius 2 is 2.12 bits per heavy atom. The number of hydrogen-bond acceptors (Lipinski definition) is 7. The smallest absolute Gasteiger partial charge is 0.312 e. The van der Waals surface area contributed by atoms with Gasteiger partial charge in [0.1, 0.15) is 17.0 Å². The van der Waals surface area contributed by atoms with Crippen LogP contribution in [-0.4, -0.2) is 79.2 Å². The van der Waals surface area contributed by atoms with Crippen LogP contribution in [0.4, 0.5) is 0 Å². The number of benzene rings is 1. The van der Waals surface area contributed by atoms with Crippen molar-refractivity contribution >= 4 is 17.8 Å². The second-order valence-electron chi connectivity index (χ2n) is 9.29. The van der Waals surface area contributed by atoms with Gasteiger partial charge in [0.2, 0.25) is 11.8 Å². The Morgan fingerprint density at radius 1 is 1.30 bits per heavy atom. The molecule has 5 atom stereocenters. The highest BCUT2D eigenvalue weighted by Gasteiger charge is 2.69. The van der Waals surface area contributed by atoms with E-state index in [4.69, 9.17) is 18.9 Å². The minimum Gasteiger partial charge on any atom is -0.497 e. The van der Waals surface area contributed by atoms with E-state index in [1.54, 1.807) is 42.9 Å². The lowest BCUT2D eigenvalue weighted by Crippen LogP contribution is -2.68. The molecular formula is C24H30N2O7. The standard InChI is InChI=1S/C24H30N2O7/c1-4-31-22(28)20-17-13-33-18-10-14(30-3)7-8-16(18)21(17)26-19(27)12-25(23(29)24(20,26)2)11-15-6-5-9-32-15/h7-8,10,15,17,20-21H,4-6,9,11-13H2,1-3H3/t15?,17?,20?,21?,24-/m1/s1. The third-order valence-electron chi connectivity index (χ3n) is 7.49. The van der Waals surface area contributed by atoms with Gasteiger partial charge in [-0.15, -0.1) is 0 Å². The van der Waals surface area contributed by atoms with E-state index < -0.39 is 29.4 Å². The number of ether oxygens (including phenoxy) is 4. The molecule has 1 aromatic rings. The van der Waals surface area contributed by atoms with Crippen molar-refractivity contribution in [3.05, 3.63) is 23.8 Å². The highest BCUT2D eigenvalue weighted by atomic mass is 16.5. The normalized spacial score (nSPS) is 32.7. The van der Waals surface area contributed by atoms with Crippen LogP contribution in [0, 0.1) is 11.8 Å². The van der Waals surface area contributed by atoms with Gasteiger partial charge in [-0.05, 0) is 38.8 Å². The van der Waals surface area contributed by atoms with E-state index in [1.165, 1.54) is 0 Å². The van der Waals surface area contributed by atoms with Gasteiger partial charge in [0.25, 0.3) is 0 Å². The molecule has 0 aliphatic carbocycles. The van der Waals surface area contributed by atoms with E-state index >= 15 is 0 Å². The van der Waals surface area contributed by atoms with Crippen LogP contribution in [-0.2, 0) is 23.9 Å². The summed E-state index contributed by atoms with van der Waals surface area (Å²) in [5.74, 6) is -0.881. The summed E-state index contributed by atoms with van der Waals surface area (Å²) in [5.41, 5.74) is -0.584. The number of methoxy groups -OCH3 is 1. The number of rotatable bonds is 5. The van der Waals surface area contributed by atoms with Crippen LogP contribution in [0.15, 0.2) is 18.2 Å². The summed E-state index contributed by atoms with van der Waals surface area (Å²) in [6.45, 7) is 4.82. The number of esters is 1. The Hall–Kier alpha value is -2.81. The van der Waals surface area contributed by atoms with Crippen LogP contribution >= 0.6 is 0 Å². The van der Waals surface area contributed by atoms with E-state index in [-0.39, 0.29) is 37.7 Å². The maximum absolute atomic E-state index is 13.9. The lowest BCUT2D eigenvalue weighted by atomic mass is 9.77. The molecule has 2 amide bonds. The Bertz CT molecular complexity index is 976. The van der Waals surface area contributed by atoms with Gasteiger partial charge in [-0.3, -0.25) is 14.4 Å². The lowest BCUT2D eigenvalue weighted by Gasteiger charge is -2.47. The van der Waals surface area contributed by atoms with Crippen LogP contribution in [0.25, 0.3) is 0 Å². The molecule has 4 heterocycles. The minimum absolute atomic E-state index is 0.0284. The van der Waals surface area contributed by atoms with Gasteiger partial charge in [0.15, 0.2) is 0 Å². The topological polar surface area (TPSA) is 94.6 Å². The second-order valence-corrected chi connectivity index (χ2v) is 9.29. The fraction of sp³-hybridized carbons (Fsp3) is 0.625. The van der Waals surface area contributed by atoms with Crippen molar-refractivity contribution in [1.82, 2.24) is 9.80 Å². The predicted molar refractivity (Wildman–Crippen MR) is 116 cm³/mol. The summed E-state index contributed by atoms with van der Waals surface area (Å²) in [6.07, 6.45) is 1.71. The third-order valence-corrected chi connectivity index (χ3v) is 7.49. The average molecular weight is 459 g/mol. The zero-order chi connectivity index (χ0) is 23.3. The molecule has 5 rings (SSSR count). The molecule has 0 N–H and O–H groups in total. The molecule has 178 valence electrons. The second kappa shape index (κ2) is 8.20. The Labute approximate surface area is 192 Å². The van der Waals surface area contributed by atoms with Crippen molar-refractivity contribution in [2.45, 2.75) is 44.4 Å². The molecule has 3 saturated heterocycles. The van der Waals surface area contributed by atoms with Crippen LogP contribution in [0.3, 0.4) is 0 Å². The average Bonchev–Trinajstić information content (AvgIpc) is 3.41. The number of fused-ring (bicyclic) bond motifs is 5. The quantitative estimate of drug-likeness (QED) is 0.618. The molecule has 4 unspecified atom stereocenters. The molecule has 0 radical (unpaired) electrons. The van der Waals surface area contributed by atoms with Gasteiger partial charge < -0.3 is 28.7 Å². The first kappa shape index (κ1) is 22.0. The molecule has 0 saturated carbocycles. The van der Waals surface area contributed by atoms with Crippen molar-refractivity contribution in [2.75, 3.05) is 40.0 Å². The molecule has 33 heavy (non-hydrogen) atoms.